The molecular formula is C41H55N5O5. The maximum atomic E-state index is 14.4. The summed E-state index contributed by atoms with van der Waals surface area (Å²) in [6.07, 6.45) is 2.91. The average molecular weight is 698 g/mol. The summed E-state index contributed by atoms with van der Waals surface area (Å²) in [5, 5.41) is 2.97. The van der Waals surface area contributed by atoms with E-state index >= 15 is 0 Å². The second kappa shape index (κ2) is 18.5. The summed E-state index contributed by atoms with van der Waals surface area (Å²) in [5.74, 6) is -0.794. The molecule has 274 valence electrons. The van der Waals surface area contributed by atoms with Crippen LogP contribution < -0.4 is 11.1 Å². The summed E-state index contributed by atoms with van der Waals surface area (Å²) in [6, 6.07) is 26.9. The monoisotopic (exact) mass is 697 g/mol. The molecule has 0 spiro atoms. The Bertz CT molecular complexity index is 1560. The number of nitrogens with two attached hydrogens (primary N) is 1. The van der Waals surface area contributed by atoms with Gasteiger partial charge in [0.15, 0.2) is 0 Å². The van der Waals surface area contributed by atoms with Gasteiger partial charge in [-0.3, -0.25) is 19.3 Å². The zero-order valence-electron chi connectivity index (χ0n) is 30.8. The van der Waals surface area contributed by atoms with Crippen LogP contribution in [0.25, 0.3) is 0 Å². The minimum absolute atomic E-state index is 0.151. The van der Waals surface area contributed by atoms with Gasteiger partial charge in [-0.25, -0.2) is 4.79 Å². The normalized spacial score (nSPS) is 16.1. The first-order valence-corrected chi connectivity index (χ1v) is 18.0. The van der Waals surface area contributed by atoms with Gasteiger partial charge < -0.3 is 25.6 Å². The van der Waals surface area contributed by atoms with Gasteiger partial charge in [0, 0.05) is 32.7 Å². The van der Waals surface area contributed by atoms with Gasteiger partial charge in [0.25, 0.3) is 0 Å². The molecule has 4 amide bonds. The highest BCUT2D eigenvalue weighted by atomic mass is 16.6. The molecule has 3 aromatic rings. The van der Waals surface area contributed by atoms with E-state index in [1.807, 2.05) is 101 Å². The van der Waals surface area contributed by atoms with Crippen LogP contribution in [-0.2, 0) is 38.4 Å². The number of carbonyl (C=O) groups is 4. The third-order valence-corrected chi connectivity index (χ3v) is 9.35. The summed E-state index contributed by atoms with van der Waals surface area (Å²) in [7, 11) is 1.51. The lowest BCUT2D eigenvalue weighted by molar-refractivity contribution is -0.140. The second-order valence-corrected chi connectivity index (χ2v) is 14.5. The number of nitrogens with one attached hydrogen (secondary N) is 1. The largest absolute Gasteiger partial charge is 0.444 e. The van der Waals surface area contributed by atoms with E-state index in [1.165, 1.54) is 11.9 Å². The first-order chi connectivity index (χ1) is 24.3. The fourth-order valence-corrected chi connectivity index (χ4v) is 6.33. The molecule has 0 aromatic heterocycles. The van der Waals surface area contributed by atoms with Crippen molar-refractivity contribution >= 4 is 23.8 Å². The summed E-state index contributed by atoms with van der Waals surface area (Å²) < 4.78 is 5.47. The minimum atomic E-state index is -0.876. The Balaban J connectivity index is 1.52. The lowest BCUT2D eigenvalue weighted by Gasteiger charge is -2.35. The predicted octanol–water partition coefficient (Wildman–Crippen LogP) is 4.99. The molecule has 0 radical (unpaired) electrons. The highest BCUT2D eigenvalue weighted by Crippen LogP contribution is 2.22. The molecule has 1 fully saturated rings. The summed E-state index contributed by atoms with van der Waals surface area (Å²) in [6.45, 7) is 8.24. The highest BCUT2D eigenvalue weighted by Gasteiger charge is 2.37. The van der Waals surface area contributed by atoms with Gasteiger partial charge in [-0.15, -0.1) is 0 Å². The van der Waals surface area contributed by atoms with Gasteiger partial charge in [0.1, 0.15) is 17.7 Å². The van der Waals surface area contributed by atoms with E-state index in [0.717, 1.165) is 29.5 Å². The van der Waals surface area contributed by atoms with Crippen LogP contribution in [0.3, 0.4) is 0 Å². The van der Waals surface area contributed by atoms with Crippen molar-refractivity contribution in [3.8, 4) is 0 Å². The Kier molecular flexibility index (Phi) is 14.2. The molecule has 1 aliphatic rings. The van der Waals surface area contributed by atoms with Crippen LogP contribution in [0.1, 0.15) is 63.6 Å². The van der Waals surface area contributed by atoms with Gasteiger partial charge in [0.2, 0.25) is 17.7 Å². The van der Waals surface area contributed by atoms with E-state index in [4.69, 9.17) is 10.5 Å². The second-order valence-electron chi connectivity index (χ2n) is 14.5. The molecule has 0 bridgehead atoms. The van der Waals surface area contributed by atoms with Crippen molar-refractivity contribution in [3.05, 3.63) is 108 Å². The molecule has 1 heterocycles. The lowest BCUT2D eigenvalue weighted by atomic mass is 10.0. The van der Waals surface area contributed by atoms with E-state index in [2.05, 4.69) is 5.32 Å². The Morgan fingerprint density at radius 1 is 0.882 bits per heavy atom. The molecule has 0 unspecified atom stereocenters. The van der Waals surface area contributed by atoms with Gasteiger partial charge in [-0.2, -0.15) is 0 Å². The Labute approximate surface area is 303 Å². The Hall–Kier alpha value is -4.70. The Morgan fingerprint density at radius 3 is 2.00 bits per heavy atom. The van der Waals surface area contributed by atoms with Crippen molar-refractivity contribution in [1.29, 1.82) is 0 Å². The fourth-order valence-electron chi connectivity index (χ4n) is 6.33. The number of nitrogens with zero attached hydrogens (tertiary/aromatic N) is 3. The standard InChI is InChI=1S/C41H55N5O5/c1-30(44(5)40(50)51-41(2,3)4)37(47)43-36(24-23-31-16-9-6-10-17-31)39(49)46-26-15-22-34(46)29-45(27-25-32-18-11-7-12-19-32)38(48)35(42)28-33-20-13-8-14-21-33/h6-14,16-21,30,34-36H,15,22-29,42H2,1-5H3,(H,43,47)/t30-,34-,35+,36-/m0/s1. The van der Waals surface area contributed by atoms with Crippen LogP contribution in [0, 0.1) is 0 Å². The zero-order chi connectivity index (χ0) is 37.0. The molecular weight excluding hydrogens is 642 g/mol. The molecule has 51 heavy (non-hydrogen) atoms. The number of rotatable bonds is 15. The van der Waals surface area contributed by atoms with Crippen LogP contribution in [0.4, 0.5) is 4.79 Å². The quantitative estimate of drug-likeness (QED) is 0.231. The van der Waals surface area contributed by atoms with E-state index < -0.39 is 35.7 Å². The van der Waals surface area contributed by atoms with E-state index in [0.29, 0.717) is 45.3 Å². The van der Waals surface area contributed by atoms with Crippen molar-refractivity contribution in [3.63, 3.8) is 0 Å². The third-order valence-electron chi connectivity index (χ3n) is 9.35. The smallest absolute Gasteiger partial charge is 0.410 e. The maximum Gasteiger partial charge on any atom is 0.410 e. The highest BCUT2D eigenvalue weighted by molar-refractivity contribution is 5.91. The fraction of sp³-hybridized carbons (Fsp3) is 0.463. The van der Waals surface area contributed by atoms with Gasteiger partial charge in [-0.1, -0.05) is 91.0 Å². The van der Waals surface area contributed by atoms with Crippen molar-refractivity contribution in [1.82, 2.24) is 20.0 Å². The van der Waals surface area contributed by atoms with E-state index in [1.54, 1.807) is 27.7 Å². The molecule has 3 N–H and O–H groups in total. The molecule has 4 atom stereocenters. The number of likely N-dealkylation sites (tertiary alicyclic amines) is 1. The van der Waals surface area contributed by atoms with Crippen molar-refractivity contribution in [2.75, 3.05) is 26.7 Å². The minimum Gasteiger partial charge on any atom is -0.444 e. The molecule has 3 aromatic carbocycles. The van der Waals surface area contributed by atoms with Crippen molar-refractivity contribution in [2.24, 2.45) is 5.73 Å². The topological polar surface area (TPSA) is 125 Å². The summed E-state index contributed by atoms with van der Waals surface area (Å²) >= 11 is 0. The van der Waals surface area contributed by atoms with Crippen molar-refractivity contribution in [2.45, 2.75) is 96.0 Å². The zero-order valence-corrected chi connectivity index (χ0v) is 30.8. The summed E-state index contributed by atoms with van der Waals surface area (Å²) in [4.78, 5) is 59.6. The van der Waals surface area contributed by atoms with Crippen LogP contribution in [0.2, 0.25) is 0 Å². The van der Waals surface area contributed by atoms with Gasteiger partial charge >= 0.3 is 6.09 Å². The average Bonchev–Trinajstić information content (AvgIpc) is 3.59. The molecule has 10 heteroatoms. The number of amides is 4. The summed E-state index contributed by atoms with van der Waals surface area (Å²) in [5.41, 5.74) is 8.97. The number of hydrogen-bond acceptors (Lipinski definition) is 6. The third kappa shape index (κ3) is 12.0. The molecule has 1 saturated heterocycles. The van der Waals surface area contributed by atoms with Gasteiger partial charge in [0.05, 0.1) is 6.04 Å². The van der Waals surface area contributed by atoms with Crippen LogP contribution in [0.5, 0.6) is 0 Å². The SMILES string of the molecule is C[C@@H](C(=O)N[C@@H](CCc1ccccc1)C(=O)N1CCC[C@H]1CN(CCc1ccccc1)C(=O)[C@H](N)Cc1ccccc1)N(C)C(=O)OC(C)(C)C. The van der Waals surface area contributed by atoms with E-state index in [-0.39, 0.29) is 17.9 Å². The number of benzene rings is 3. The lowest BCUT2D eigenvalue weighted by Crippen LogP contribution is -2.56. The molecule has 0 saturated carbocycles. The first kappa shape index (κ1) is 39.1. The predicted molar refractivity (Wildman–Crippen MR) is 200 cm³/mol. The number of aryl methyl sites for hydroxylation is 1. The maximum absolute atomic E-state index is 14.4. The molecule has 0 aliphatic carbocycles. The number of likely N-dealkylation sites (N-methyl/N-ethyl adjacent to an activating group) is 1. The molecule has 10 nitrogen and oxygen atoms in total. The Morgan fingerprint density at radius 2 is 1.43 bits per heavy atom. The number of hydrogen-bond donors (Lipinski definition) is 2. The van der Waals surface area contributed by atoms with Crippen LogP contribution in [0.15, 0.2) is 91.0 Å². The number of carbonyl (C=O) groups excluding carboxylic acids is 4. The van der Waals surface area contributed by atoms with Gasteiger partial charge in [-0.05, 0) is 82.9 Å². The van der Waals surface area contributed by atoms with Crippen LogP contribution in [-0.4, -0.2) is 95.0 Å². The first-order valence-electron chi connectivity index (χ1n) is 18.0. The van der Waals surface area contributed by atoms with Crippen LogP contribution >= 0.6 is 0 Å². The number of ether oxygens (including phenoxy) is 1. The molecule has 1 aliphatic heterocycles. The van der Waals surface area contributed by atoms with Crippen molar-refractivity contribution < 1.29 is 23.9 Å². The molecule has 4 rings (SSSR count). The van der Waals surface area contributed by atoms with E-state index in [9.17, 15) is 19.2 Å².